The van der Waals surface area contributed by atoms with E-state index in [4.69, 9.17) is 9.72 Å². The van der Waals surface area contributed by atoms with Gasteiger partial charge in [0.1, 0.15) is 5.75 Å². The van der Waals surface area contributed by atoms with Crippen molar-refractivity contribution in [2.45, 2.75) is 33.9 Å². The zero-order valence-electron chi connectivity index (χ0n) is 15.7. The van der Waals surface area contributed by atoms with Crippen molar-refractivity contribution in [3.8, 4) is 5.75 Å². The summed E-state index contributed by atoms with van der Waals surface area (Å²) in [5.41, 5.74) is 2.03. The van der Waals surface area contributed by atoms with Gasteiger partial charge >= 0.3 is 0 Å². The van der Waals surface area contributed by atoms with Gasteiger partial charge in [-0.3, -0.25) is 14.1 Å². The Morgan fingerprint density at radius 3 is 2.62 bits per heavy atom. The van der Waals surface area contributed by atoms with E-state index in [1.165, 1.54) is 5.56 Å². The predicted octanol–water partition coefficient (Wildman–Crippen LogP) is 3.73. The number of fused-ring (bicyclic) bond motifs is 1. The summed E-state index contributed by atoms with van der Waals surface area (Å²) in [7, 11) is 1.67. The molecule has 0 aliphatic heterocycles. The Morgan fingerprint density at radius 2 is 1.96 bits per heavy atom. The summed E-state index contributed by atoms with van der Waals surface area (Å²) >= 11 is 1.55. The Bertz CT molecular complexity index is 928. The summed E-state index contributed by atoms with van der Waals surface area (Å²) in [6.45, 7) is 8.81. The molecule has 0 amide bonds. The van der Waals surface area contributed by atoms with Gasteiger partial charge in [0.2, 0.25) is 0 Å². The third-order valence-electron chi connectivity index (χ3n) is 4.11. The van der Waals surface area contributed by atoms with E-state index in [9.17, 15) is 4.79 Å². The summed E-state index contributed by atoms with van der Waals surface area (Å²) in [6.07, 6.45) is 1.85. The second-order valence-corrected chi connectivity index (χ2v) is 8.20. The Morgan fingerprint density at radius 1 is 1.23 bits per heavy atom. The maximum atomic E-state index is 12.3. The van der Waals surface area contributed by atoms with Crippen LogP contribution < -0.4 is 10.3 Å². The van der Waals surface area contributed by atoms with Crippen molar-refractivity contribution < 1.29 is 4.74 Å². The molecule has 1 aromatic carbocycles. The quantitative estimate of drug-likeness (QED) is 0.635. The lowest BCUT2D eigenvalue weighted by atomic mass is 10.1. The van der Waals surface area contributed by atoms with Crippen molar-refractivity contribution in [3.05, 3.63) is 63.0 Å². The Kier molecular flexibility index (Phi) is 5.74. The number of nitrogens with zero attached hydrogens (tertiary/aromatic N) is 3. The largest absolute Gasteiger partial charge is 0.497 e. The first-order valence-electron chi connectivity index (χ1n) is 8.78. The Balaban J connectivity index is 1.82. The average Bonchev–Trinajstić information content (AvgIpc) is 2.96. The standard InChI is InChI=1S/C20H25N3O2S/c1-14(2)10-22(12-16-5-7-18(25-4)8-6-16)13-17-9-19(24)23-11-15(3)26-20(23)21-17/h5-9,11,14H,10,12-13H2,1-4H3. The first kappa shape index (κ1) is 18.6. The summed E-state index contributed by atoms with van der Waals surface area (Å²) in [5, 5.41) is 0. The molecule has 2 heterocycles. The van der Waals surface area contributed by atoms with Gasteiger partial charge in [-0.1, -0.05) is 26.0 Å². The number of aromatic nitrogens is 2. The zero-order valence-corrected chi connectivity index (χ0v) is 16.5. The molecule has 0 bridgehead atoms. The van der Waals surface area contributed by atoms with E-state index in [-0.39, 0.29) is 5.56 Å². The molecular weight excluding hydrogens is 346 g/mol. The number of aryl methyl sites for hydroxylation is 1. The topological polar surface area (TPSA) is 46.8 Å². The summed E-state index contributed by atoms with van der Waals surface area (Å²) < 4.78 is 6.86. The molecule has 5 nitrogen and oxygen atoms in total. The highest BCUT2D eigenvalue weighted by atomic mass is 32.1. The van der Waals surface area contributed by atoms with Crippen LogP contribution in [0.25, 0.3) is 4.96 Å². The van der Waals surface area contributed by atoms with Crippen LogP contribution in [-0.2, 0) is 13.1 Å². The number of methoxy groups -OCH3 is 1. The van der Waals surface area contributed by atoms with Crippen LogP contribution >= 0.6 is 11.3 Å². The van der Waals surface area contributed by atoms with Gasteiger partial charge in [-0.2, -0.15) is 0 Å². The number of benzene rings is 1. The SMILES string of the molecule is COc1ccc(CN(Cc2cc(=O)n3cc(C)sc3n2)CC(C)C)cc1. The molecule has 0 unspecified atom stereocenters. The van der Waals surface area contributed by atoms with Crippen molar-refractivity contribution in [3.63, 3.8) is 0 Å². The lowest BCUT2D eigenvalue weighted by Crippen LogP contribution is -2.28. The fourth-order valence-corrected chi connectivity index (χ4v) is 3.91. The lowest BCUT2D eigenvalue weighted by molar-refractivity contribution is 0.225. The average molecular weight is 372 g/mol. The van der Waals surface area contributed by atoms with Gasteiger partial charge in [0.15, 0.2) is 4.96 Å². The van der Waals surface area contributed by atoms with Crippen molar-refractivity contribution in [1.29, 1.82) is 0 Å². The zero-order chi connectivity index (χ0) is 18.7. The maximum Gasteiger partial charge on any atom is 0.258 e. The number of rotatable bonds is 7. The predicted molar refractivity (Wildman–Crippen MR) is 106 cm³/mol. The third-order valence-corrected chi connectivity index (χ3v) is 5.01. The van der Waals surface area contributed by atoms with Crippen LogP contribution in [-0.4, -0.2) is 27.9 Å². The molecule has 138 valence electrons. The minimum Gasteiger partial charge on any atom is -0.497 e. The van der Waals surface area contributed by atoms with Crippen LogP contribution in [0.3, 0.4) is 0 Å². The van der Waals surface area contributed by atoms with Crippen molar-refractivity contribution in [2.24, 2.45) is 5.92 Å². The van der Waals surface area contributed by atoms with E-state index < -0.39 is 0 Å². The molecule has 0 spiro atoms. The molecule has 6 heteroatoms. The normalized spacial score (nSPS) is 11.6. The minimum atomic E-state index is -0.0108. The lowest BCUT2D eigenvalue weighted by Gasteiger charge is -2.24. The molecule has 3 aromatic rings. The fraction of sp³-hybridized carbons (Fsp3) is 0.400. The van der Waals surface area contributed by atoms with Crippen molar-refractivity contribution in [1.82, 2.24) is 14.3 Å². The highest BCUT2D eigenvalue weighted by Crippen LogP contribution is 2.17. The van der Waals surface area contributed by atoms with E-state index in [0.717, 1.165) is 34.4 Å². The van der Waals surface area contributed by atoms with Gasteiger partial charge in [-0.25, -0.2) is 4.98 Å². The molecule has 0 saturated heterocycles. The van der Waals surface area contributed by atoms with Crippen molar-refractivity contribution >= 4 is 16.3 Å². The van der Waals surface area contributed by atoms with Gasteiger partial charge in [0, 0.05) is 36.8 Å². The van der Waals surface area contributed by atoms with Gasteiger partial charge in [-0.05, 0) is 30.5 Å². The molecule has 3 rings (SSSR count). The van der Waals surface area contributed by atoms with Gasteiger partial charge in [-0.15, -0.1) is 11.3 Å². The number of hydrogen-bond acceptors (Lipinski definition) is 5. The highest BCUT2D eigenvalue weighted by molar-refractivity contribution is 7.16. The monoisotopic (exact) mass is 371 g/mol. The van der Waals surface area contributed by atoms with Gasteiger partial charge in [0.05, 0.1) is 12.8 Å². The van der Waals surface area contributed by atoms with Crippen LogP contribution in [0.2, 0.25) is 0 Å². The fourth-order valence-electron chi connectivity index (χ4n) is 3.06. The first-order chi connectivity index (χ1) is 12.4. The van der Waals surface area contributed by atoms with Crippen molar-refractivity contribution in [2.75, 3.05) is 13.7 Å². The van der Waals surface area contributed by atoms with Crippen LogP contribution in [0.1, 0.15) is 30.0 Å². The molecule has 0 atom stereocenters. The van der Waals surface area contributed by atoms with Crippen LogP contribution in [0.4, 0.5) is 0 Å². The molecule has 0 saturated carbocycles. The summed E-state index contributed by atoms with van der Waals surface area (Å²) in [6, 6.07) is 9.78. The number of hydrogen-bond donors (Lipinski definition) is 0. The molecule has 0 N–H and O–H groups in total. The molecule has 0 radical (unpaired) electrons. The second kappa shape index (κ2) is 8.01. The van der Waals surface area contributed by atoms with E-state index in [1.807, 2.05) is 25.3 Å². The molecule has 0 aliphatic carbocycles. The smallest absolute Gasteiger partial charge is 0.258 e. The molecule has 0 aliphatic rings. The molecule has 0 fully saturated rings. The second-order valence-electron chi connectivity index (χ2n) is 6.99. The molecule has 26 heavy (non-hydrogen) atoms. The first-order valence-corrected chi connectivity index (χ1v) is 9.60. The minimum absolute atomic E-state index is 0.0108. The third kappa shape index (κ3) is 4.51. The number of thiazole rings is 1. The van der Waals surface area contributed by atoms with Crippen LogP contribution in [0, 0.1) is 12.8 Å². The van der Waals surface area contributed by atoms with Crippen LogP contribution in [0.15, 0.2) is 41.3 Å². The van der Waals surface area contributed by atoms with E-state index >= 15 is 0 Å². The summed E-state index contributed by atoms with van der Waals surface area (Å²) in [4.78, 5) is 21.2. The Hall–Kier alpha value is -2.18. The van der Waals surface area contributed by atoms with Gasteiger partial charge in [0.25, 0.3) is 5.56 Å². The maximum absolute atomic E-state index is 12.3. The van der Waals surface area contributed by atoms with E-state index in [2.05, 4.69) is 30.9 Å². The van der Waals surface area contributed by atoms with E-state index in [1.54, 1.807) is 28.9 Å². The highest BCUT2D eigenvalue weighted by Gasteiger charge is 2.13. The molecular formula is C20H25N3O2S. The Labute approximate surface area is 157 Å². The summed E-state index contributed by atoms with van der Waals surface area (Å²) in [5.74, 6) is 1.39. The van der Waals surface area contributed by atoms with Crippen LogP contribution in [0.5, 0.6) is 5.75 Å². The molecule has 2 aromatic heterocycles. The number of ether oxygens (including phenoxy) is 1. The van der Waals surface area contributed by atoms with E-state index in [0.29, 0.717) is 12.5 Å². The van der Waals surface area contributed by atoms with Gasteiger partial charge < -0.3 is 4.74 Å².